The summed E-state index contributed by atoms with van der Waals surface area (Å²) in [6.07, 6.45) is -0.0759. The highest BCUT2D eigenvalue weighted by atomic mass is 19.3. The molecule has 0 saturated heterocycles. The van der Waals surface area contributed by atoms with E-state index in [4.69, 9.17) is 4.98 Å². The molecule has 0 aromatic carbocycles. The van der Waals surface area contributed by atoms with E-state index in [-0.39, 0.29) is 31.2 Å². The van der Waals surface area contributed by atoms with E-state index < -0.39 is 12.3 Å². The van der Waals surface area contributed by atoms with E-state index in [1.807, 2.05) is 25.1 Å². The van der Waals surface area contributed by atoms with E-state index in [1.54, 1.807) is 17.8 Å². The first-order valence-corrected chi connectivity index (χ1v) is 11.8. The maximum absolute atomic E-state index is 13.5. The first-order chi connectivity index (χ1) is 16.7. The normalized spacial score (nSPS) is 19.7. The SMILES string of the molecule is CNc1nc(NC2CCC(F)(F)CC2)nn2ccc(-c3ccc4c(n3)C(CCC(F)F)C(C)=N4)c12. The standard InChI is InChI=1S/C24H27F4N7/c1-13-15(3-6-19(25)26)20-18(30-13)5-4-17(32-20)16-9-12-35-21(16)22(29-2)33-23(34-35)31-14-7-10-24(27,28)11-8-14/h4-5,9,12,14-15,19H,3,6-8,10-11H2,1-2H3,(H2,29,31,33,34). The molecule has 0 spiro atoms. The molecule has 1 unspecified atom stereocenters. The highest BCUT2D eigenvalue weighted by Crippen LogP contribution is 2.40. The number of halogens is 4. The van der Waals surface area contributed by atoms with E-state index in [2.05, 4.69) is 25.7 Å². The Kier molecular flexibility index (Phi) is 6.10. The molecule has 0 radical (unpaired) electrons. The number of hydrogen-bond donors (Lipinski definition) is 2. The number of hydrogen-bond acceptors (Lipinski definition) is 6. The van der Waals surface area contributed by atoms with Crippen LogP contribution in [0.1, 0.15) is 57.1 Å². The van der Waals surface area contributed by atoms with Gasteiger partial charge in [0.05, 0.1) is 17.1 Å². The molecule has 1 aliphatic carbocycles. The fourth-order valence-corrected chi connectivity index (χ4v) is 4.91. The Hall–Kier alpha value is -3.24. The van der Waals surface area contributed by atoms with Gasteiger partial charge in [0.1, 0.15) is 5.52 Å². The third kappa shape index (κ3) is 4.68. The summed E-state index contributed by atoms with van der Waals surface area (Å²) in [5.41, 5.74) is 4.39. The highest BCUT2D eigenvalue weighted by molar-refractivity contribution is 5.96. The molecule has 1 aliphatic heterocycles. The fraction of sp³-hybridized carbons (Fsp3) is 0.500. The predicted molar refractivity (Wildman–Crippen MR) is 127 cm³/mol. The second kappa shape index (κ2) is 9.09. The Morgan fingerprint density at radius 3 is 2.63 bits per heavy atom. The van der Waals surface area contributed by atoms with Crippen molar-refractivity contribution < 1.29 is 17.6 Å². The van der Waals surface area contributed by atoms with Gasteiger partial charge in [0.25, 0.3) is 0 Å². The minimum Gasteiger partial charge on any atom is -0.371 e. The number of aromatic nitrogens is 4. The summed E-state index contributed by atoms with van der Waals surface area (Å²) in [5, 5.41) is 10.8. The van der Waals surface area contributed by atoms with E-state index in [0.717, 1.165) is 11.3 Å². The lowest BCUT2D eigenvalue weighted by Crippen LogP contribution is -2.32. The second-order valence-corrected chi connectivity index (χ2v) is 9.21. The first kappa shape index (κ1) is 23.5. The van der Waals surface area contributed by atoms with Gasteiger partial charge < -0.3 is 10.6 Å². The largest absolute Gasteiger partial charge is 0.371 e. The van der Waals surface area contributed by atoms with Crippen LogP contribution in [0.25, 0.3) is 16.8 Å². The summed E-state index contributed by atoms with van der Waals surface area (Å²) in [5.74, 6) is -1.91. The molecule has 35 heavy (non-hydrogen) atoms. The van der Waals surface area contributed by atoms with Crippen molar-refractivity contribution >= 4 is 28.7 Å². The number of fused-ring (bicyclic) bond motifs is 2. The molecular formula is C24H27F4N7. The van der Waals surface area contributed by atoms with Crippen LogP contribution in [0.4, 0.5) is 35.0 Å². The van der Waals surface area contributed by atoms with E-state index in [1.165, 1.54) is 0 Å². The average molecular weight is 490 g/mol. The molecule has 3 aromatic rings. The first-order valence-electron chi connectivity index (χ1n) is 11.8. The van der Waals surface area contributed by atoms with Gasteiger partial charge in [-0.25, -0.2) is 27.1 Å². The molecule has 4 heterocycles. The van der Waals surface area contributed by atoms with Crippen molar-refractivity contribution in [2.45, 2.75) is 69.8 Å². The molecular weight excluding hydrogens is 462 g/mol. The van der Waals surface area contributed by atoms with Crippen LogP contribution < -0.4 is 10.6 Å². The van der Waals surface area contributed by atoms with Crippen molar-refractivity contribution in [3.63, 3.8) is 0 Å². The molecule has 5 rings (SSSR count). The Balaban J connectivity index is 1.44. The smallest absolute Gasteiger partial charge is 0.248 e. The Labute approximate surface area is 200 Å². The van der Waals surface area contributed by atoms with Crippen molar-refractivity contribution in [1.29, 1.82) is 0 Å². The molecule has 0 amide bonds. The van der Waals surface area contributed by atoms with E-state index in [0.29, 0.717) is 53.6 Å². The van der Waals surface area contributed by atoms with Gasteiger partial charge in [-0.15, -0.1) is 5.10 Å². The lowest BCUT2D eigenvalue weighted by Gasteiger charge is -2.28. The van der Waals surface area contributed by atoms with Crippen LogP contribution in [-0.2, 0) is 0 Å². The Morgan fingerprint density at radius 1 is 1.14 bits per heavy atom. The van der Waals surface area contributed by atoms with Crippen LogP contribution in [0.3, 0.4) is 0 Å². The van der Waals surface area contributed by atoms with Gasteiger partial charge >= 0.3 is 0 Å². The van der Waals surface area contributed by atoms with Crippen LogP contribution in [0, 0.1) is 0 Å². The molecule has 1 atom stereocenters. The van der Waals surface area contributed by atoms with Crippen molar-refractivity contribution in [2.75, 3.05) is 17.7 Å². The van der Waals surface area contributed by atoms with E-state index in [9.17, 15) is 17.6 Å². The monoisotopic (exact) mass is 489 g/mol. The topological polar surface area (TPSA) is 79.5 Å². The molecule has 7 nitrogen and oxygen atoms in total. The lowest BCUT2D eigenvalue weighted by molar-refractivity contribution is -0.0361. The molecule has 3 aromatic heterocycles. The molecule has 11 heteroatoms. The van der Waals surface area contributed by atoms with Gasteiger partial charge in [-0.05, 0) is 44.4 Å². The number of nitrogens with one attached hydrogen (secondary N) is 2. The van der Waals surface area contributed by atoms with Crippen molar-refractivity contribution in [3.05, 3.63) is 30.1 Å². The number of aliphatic imine (C=N–C) groups is 1. The van der Waals surface area contributed by atoms with Gasteiger partial charge in [-0.2, -0.15) is 4.98 Å². The number of rotatable bonds is 7. The Bertz CT molecular complexity index is 1260. The van der Waals surface area contributed by atoms with E-state index >= 15 is 0 Å². The summed E-state index contributed by atoms with van der Waals surface area (Å²) >= 11 is 0. The maximum atomic E-state index is 13.5. The average Bonchev–Trinajstić information content (AvgIpc) is 3.38. The maximum Gasteiger partial charge on any atom is 0.248 e. The zero-order valence-corrected chi connectivity index (χ0v) is 19.5. The van der Waals surface area contributed by atoms with Gasteiger partial charge in [0.15, 0.2) is 5.82 Å². The van der Waals surface area contributed by atoms with Gasteiger partial charge in [0.2, 0.25) is 18.3 Å². The highest BCUT2D eigenvalue weighted by Gasteiger charge is 2.35. The fourth-order valence-electron chi connectivity index (χ4n) is 4.91. The van der Waals surface area contributed by atoms with Crippen molar-refractivity contribution in [1.82, 2.24) is 19.6 Å². The van der Waals surface area contributed by atoms with Gasteiger partial charge in [-0.1, -0.05) is 0 Å². The quantitative estimate of drug-likeness (QED) is 0.395. The van der Waals surface area contributed by atoms with Crippen LogP contribution in [0.15, 0.2) is 29.4 Å². The second-order valence-electron chi connectivity index (χ2n) is 9.21. The van der Waals surface area contributed by atoms with Crippen molar-refractivity contribution in [3.8, 4) is 11.3 Å². The van der Waals surface area contributed by atoms with Crippen LogP contribution in [0.5, 0.6) is 0 Å². The lowest BCUT2D eigenvalue weighted by atomic mass is 9.92. The summed E-state index contributed by atoms with van der Waals surface area (Å²) in [4.78, 5) is 13.9. The number of pyridine rings is 1. The summed E-state index contributed by atoms with van der Waals surface area (Å²) in [7, 11) is 1.75. The zero-order chi connectivity index (χ0) is 24.7. The molecule has 186 valence electrons. The van der Waals surface area contributed by atoms with Crippen LogP contribution >= 0.6 is 0 Å². The van der Waals surface area contributed by atoms with Gasteiger partial charge in [0, 0.05) is 55.7 Å². The number of alkyl halides is 4. The minimum atomic E-state index is -2.60. The minimum absolute atomic E-state index is 0.112. The summed E-state index contributed by atoms with van der Waals surface area (Å²) < 4.78 is 54.4. The summed E-state index contributed by atoms with van der Waals surface area (Å²) in [6, 6.07) is 5.48. The van der Waals surface area contributed by atoms with Gasteiger partial charge in [-0.3, -0.25) is 4.99 Å². The zero-order valence-electron chi connectivity index (χ0n) is 19.5. The molecule has 1 saturated carbocycles. The predicted octanol–water partition coefficient (Wildman–Crippen LogP) is 6.06. The third-order valence-corrected chi connectivity index (χ3v) is 6.78. The summed E-state index contributed by atoms with van der Waals surface area (Å²) in [6.45, 7) is 1.85. The van der Waals surface area contributed by atoms with Crippen LogP contribution in [0.2, 0.25) is 0 Å². The van der Waals surface area contributed by atoms with Crippen LogP contribution in [-0.4, -0.2) is 50.7 Å². The van der Waals surface area contributed by atoms with Crippen molar-refractivity contribution in [2.24, 2.45) is 4.99 Å². The Morgan fingerprint density at radius 2 is 1.91 bits per heavy atom. The number of nitrogens with zero attached hydrogens (tertiary/aromatic N) is 5. The molecule has 0 bridgehead atoms. The molecule has 1 fully saturated rings. The number of anilines is 2. The molecule has 2 N–H and O–H groups in total. The molecule has 2 aliphatic rings. The third-order valence-electron chi connectivity index (χ3n) is 6.78.